The van der Waals surface area contributed by atoms with Crippen molar-refractivity contribution in [3.63, 3.8) is 0 Å². The number of rotatable bonds is 1. The van der Waals surface area contributed by atoms with Crippen molar-refractivity contribution in [2.75, 3.05) is 0 Å². The molecule has 0 radical (unpaired) electrons. The quantitative estimate of drug-likeness (QED) is 0.624. The molecule has 4 aliphatic carbocycles. The smallest absolute Gasteiger partial charge is 0.00362 e. The minimum atomic E-state index is 0.463. The lowest BCUT2D eigenvalue weighted by Gasteiger charge is -2.66. The van der Waals surface area contributed by atoms with Gasteiger partial charge in [-0.15, -0.1) is 0 Å². The fraction of sp³-hybridized carbons (Fsp3) is 0.700. The molecule has 0 amide bonds. The number of hydrogen-bond donors (Lipinski definition) is 0. The van der Waals surface area contributed by atoms with E-state index in [2.05, 4.69) is 51.1 Å². The Bertz CT molecular complexity index is 491. The Labute approximate surface area is 124 Å². The van der Waals surface area contributed by atoms with E-state index in [1.807, 2.05) is 0 Å². The van der Waals surface area contributed by atoms with Gasteiger partial charge in [0.2, 0.25) is 0 Å². The molecular weight excluding hydrogens is 240 g/mol. The first-order valence-electron chi connectivity index (χ1n) is 8.48. The van der Waals surface area contributed by atoms with E-state index in [4.69, 9.17) is 0 Å². The highest BCUT2D eigenvalue weighted by Gasteiger charge is 2.61. The average Bonchev–Trinajstić information content (AvgIpc) is 2.37. The Morgan fingerprint density at radius 1 is 0.900 bits per heavy atom. The zero-order valence-corrected chi connectivity index (χ0v) is 13.3. The normalized spacial score (nSPS) is 43.0. The van der Waals surface area contributed by atoms with Gasteiger partial charge >= 0.3 is 0 Å². The molecule has 0 aliphatic heterocycles. The standard InChI is InChI=1S/C20H28/c1-18(2,3)20-12-15-9-16(13-20)11-19(10-15,14-20)17-7-5-4-6-8-17/h4-8,15-16H,9-14H2,1-3H3. The molecular formula is C20H28. The Kier molecular flexibility index (Phi) is 2.52. The fourth-order valence-corrected chi connectivity index (χ4v) is 6.27. The lowest BCUT2D eigenvalue weighted by molar-refractivity contribution is -0.127. The molecule has 4 bridgehead atoms. The first kappa shape index (κ1) is 12.9. The highest BCUT2D eigenvalue weighted by atomic mass is 14.7. The van der Waals surface area contributed by atoms with Crippen molar-refractivity contribution in [1.82, 2.24) is 0 Å². The molecule has 108 valence electrons. The summed E-state index contributed by atoms with van der Waals surface area (Å²) >= 11 is 0. The van der Waals surface area contributed by atoms with Crippen molar-refractivity contribution in [3.8, 4) is 0 Å². The van der Waals surface area contributed by atoms with Crippen molar-refractivity contribution in [3.05, 3.63) is 35.9 Å². The molecule has 4 aliphatic rings. The summed E-state index contributed by atoms with van der Waals surface area (Å²) in [6, 6.07) is 11.5. The van der Waals surface area contributed by atoms with Gasteiger partial charge in [-0.25, -0.2) is 0 Å². The van der Waals surface area contributed by atoms with E-state index in [9.17, 15) is 0 Å². The van der Waals surface area contributed by atoms with Crippen LogP contribution in [-0.4, -0.2) is 0 Å². The predicted octanol–water partition coefficient (Wildman–Crippen LogP) is 5.57. The van der Waals surface area contributed by atoms with E-state index in [1.165, 1.54) is 38.5 Å². The van der Waals surface area contributed by atoms with Crippen molar-refractivity contribution < 1.29 is 0 Å². The van der Waals surface area contributed by atoms with Gasteiger partial charge in [0.1, 0.15) is 0 Å². The van der Waals surface area contributed by atoms with E-state index < -0.39 is 0 Å². The van der Waals surface area contributed by atoms with Crippen molar-refractivity contribution in [2.45, 2.75) is 64.7 Å². The fourth-order valence-electron chi connectivity index (χ4n) is 6.27. The molecule has 20 heavy (non-hydrogen) atoms. The lowest BCUT2D eigenvalue weighted by atomic mass is 9.38. The Balaban J connectivity index is 1.80. The van der Waals surface area contributed by atoms with Crippen LogP contribution in [0.1, 0.15) is 64.9 Å². The topological polar surface area (TPSA) is 0 Å². The summed E-state index contributed by atoms with van der Waals surface area (Å²) in [7, 11) is 0. The maximum atomic E-state index is 2.50. The zero-order chi connectivity index (χ0) is 14.0. The summed E-state index contributed by atoms with van der Waals surface area (Å²) in [6.45, 7) is 7.50. The van der Waals surface area contributed by atoms with Gasteiger partial charge < -0.3 is 0 Å². The summed E-state index contributed by atoms with van der Waals surface area (Å²) < 4.78 is 0. The molecule has 4 fully saturated rings. The second-order valence-electron chi connectivity index (χ2n) is 9.14. The molecule has 0 spiro atoms. The van der Waals surface area contributed by atoms with E-state index >= 15 is 0 Å². The molecule has 2 atom stereocenters. The monoisotopic (exact) mass is 268 g/mol. The summed E-state index contributed by atoms with van der Waals surface area (Å²) in [5.41, 5.74) is 3.22. The second kappa shape index (κ2) is 3.90. The molecule has 1 aromatic rings. The SMILES string of the molecule is CC(C)(C)C12CC3CC(CC(c4ccccc4)(C3)C1)C2. The summed E-state index contributed by atoms with van der Waals surface area (Å²) in [4.78, 5) is 0. The van der Waals surface area contributed by atoms with Gasteiger partial charge in [0.25, 0.3) is 0 Å². The molecule has 0 N–H and O–H groups in total. The lowest BCUT2D eigenvalue weighted by Crippen LogP contribution is -2.58. The van der Waals surface area contributed by atoms with Crippen LogP contribution in [0.25, 0.3) is 0 Å². The second-order valence-corrected chi connectivity index (χ2v) is 9.14. The van der Waals surface area contributed by atoms with Gasteiger partial charge in [0.05, 0.1) is 0 Å². The van der Waals surface area contributed by atoms with Gasteiger partial charge in [-0.3, -0.25) is 0 Å². The summed E-state index contributed by atoms with van der Waals surface area (Å²) in [5.74, 6) is 1.99. The van der Waals surface area contributed by atoms with Crippen LogP contribution in [-0.2, 0) is 5.41 Å². The zero-order valence-electron chi connectivity index (χ0n) is 13.3. The Morgan fingerprint density at radius 3 is 2.05 bits per heavy atom. The third-order valence-corrected chi connectivity index (χ3v) is 7.04. The highest BCUT2D eigenvalue weighted by molar-refractivity contribution is 5.31. The van der Waals surface area contributed by atoms with E-state index in [0.717, 1.165) is 11.8 Å². The van der Waals surface area contributed by atoms with Gasteiger partial charge in [-0.2, -0.15) is 0 Å². The van der Waals surface area contributed by atoms with Crippen LogP contribution in [0.4, 0.5) is 0 Å². The Morgan fingerprint density at radius 2 is 1.50 bits per heavy atom. The highest BCUT2D eigenvalue weighted by Crippen LogP contribution is 2.70. The minimum Gasteiger partial charge on any atom is -0.0622 e. The van der Waals surface area contributed by atoms with Crippen molar-refractivity contribution in [2.24, 2.45) is 22.7 Å². The van der Waals surface area contributed by atoms with E-state index in [0.29, 0.717) is 16.2 Å². The van der Waals surface area contributed by atoms with Gasteiger partial charge in [-0.1, -0.05) is 51.1 Å². The van der Waals surface area contributed by atoms with E-state index in [-0.39, 0.29) is 0 Å². The van der Waals surface area contributed by atoms with Crippen LogP contribution in [0.5, 0.6) is 0 Å². The maximum Gasteiger partial charge on any atom is -0.00362 e. The third kappa shape index (κ3) is 1.66. The molecule has 4 saturated carbocycles. The molecule has 0 heterocycles. The minimum absolute atomic E-state index is 0.463. The summed E-state index contributed by atoms with van der Waals surface area (Å²) in [6.07, 6.45) is 8.90. The number of hydrogen-bond acceptors (Lipinski definition) is 0. The molecule has 2 unspecified atom stereocenters. The van der Waals surface area contributed by atoms with E-state index in [1.54, 1.807) is 5.56 Å². The average molecular weight is 268 g/mol. The predicted molar refractivity (Wildman–Crippen MR) is 84.7 cm³/mol. The van der Waals surface area contributed by atoms with Gasteiger partial charge in [0.15, 0.2) is 0 Å². The van der Waals surface area contributed by atoms with Crippen molar-refractivity contribution >= 4 is 0 Å². The number of benzene rings is 1. The molecule has 0 aromatic heterocycles. The van der Waals surface area contributed by atoms with Crippen LogP contribution < -0.4 is 0 Å². The first-order valence-corrected chi connectivity index (χ1v) is 8.48. The van der Waals surface area contributed by atoms with Gasteiger partial charge in [0, 0.05) is 0 Å². The largest absolute Gasteiger partial charge is 0.0622 e. The molecule has 0 nitrogen and oxygen atoms in total. The van der Waals surface area contributed by atoms with Crippen LogP contribution in [0.2, 0.25) is 0 Å². The molecule has 0 heteroatoms. The summed E-state index contributed by atoms with van der Waals surface area (Å²) in [5, 5.41) is 0. The van der Waals surface area contributed by atoms with Crippen LogP contribution in [0.15, 0.2) is 30.3 Å². The molecule has 1 aromatic carbocycles. The van der Waals surface area contributed by atoms with Crippen LogP contribution in [0.3, 0.4) is 0 Å². The van der Waals surface area contributed by atoms with Crippen LogP contribution >= 0.6 is 0 Å². The third-order valence-electron chi connectivity index (χ3n) is 7.04. The van der Waals surface area contributed by atoms with Gasteiger partial charge in [-0.05, 0) is 72.2 Å². The molecule has 0 saturated heterocycles. The molecule has 5 rings (SSSR count). The Hall–Kier alpha value is -0.780. The first-order chi connectivity index (χ1) is 9.43. The van der Waals surface area contributed by atoms with Crippen LogP contribution in [0, 0.1) is 22.7 Å². The maximum absolute atomic E-state index is 2.50. The van der Waals surface area contributed by atoms with Crippen molar-refractivity contribution in [1.29, 1.82) is 0 Å².